The summed E-state index contributed by atoms with van der Waals surface area (Å²) < 4.78 is 16.0. The SMILES string of the molecule is CCOCCN1C(=O)/C(=C/c2cc(Cl)c(OCC(=O)O)c(OC)c2)SC1=Nc1ccccc1. The second-order valence-electron chi connectivity index (χ2n) is 6.71. The fourth-order valence-electron chi connectivity index (χ4n) is 2.95. The van der Waals surface area contributed by atoms with Gasteiger partial charge in [-0.1, -0.05) is 29.8 Å². The van der Waals surface area contributed by atoms with E-state index in [1.54, 1.807) is 23.1 Å². The van der Waals surface area contributed by atoms with Crippen LogP contribution >= 0.6 is 23.4 Å². The number of para-hydroxylation sites is 1. The normalized spacial score (nSPS) is 16.0. The zero-order valence-electron chi connectivity index (χ0n) is 18.1. The van der Waals surface area contributed by atoms with Crippen LogP contribution in [-0.4, -0.2) is 60.5 Å². The second-order valence-corrected chi connectivity index (χ2v) is 8.13. The van der Waals surface area contributed by atoms with Gasteiger partial charge in [-0.05, 0) is 54.6 Å². The van der Waals surface area contributed by atoms with E-state index in [2.05, 4.69) is 4.99 Å². The molecule has 2 aromatic carbocycles. The van der Waals surface area contributed by atoms with Gasteiger partial charge in [0, 0.05) is 6.61 Å². The lowest BCUT2D eigenvalue weighted by atomic mass is 10.1. The maximum atomic E-state index is 13.1. The monoisotopic (exact) mass is 490 g/mol. The number of carboxylic acids is 1. The molecule has 33 heavy (non-hydrogen) atoms. The van der Waals surface area contributed by atoms with Crippen molar-refractivity contribution in [2.24, 2.45) is 4.99 Å². The van der Waals surface area contributed by atoms with Gasteiger partial charge in [-0.2, -0.15) is 0 Å². The van der Waals surface area contributed by atoms with Gasteiger partial charge in [0.1, 0.15) is 0 Å². The first-order chi connectivity index (χ1) is 15.9. The zero-order chi connectivity index (χ0) is 23.8. The number of ether oxygens (including phenoxy) is 3. The molecular formula is C23H23ClN2O6S. The van der Waals surface area contributed by atoms with Crippen LogP contribution in [0.1, 0.15) is 12.5 Å². The molecule has 0 aromatic heterocycles. The fraction of sp³-hybridized carbons (Fsp3) is 0.261. The van der Waals surface area contributed by atoms with Crippen molar-refractivity contribution in [3.8, 4) is 11.5 Å². The van der Waals surface area contributed by atoms with E-state index in [-0.39, 0.29) is 22.4 Å². The minimum atomic E-state index is -1.13. The summed E-state index contributed by atoms with van der Waals surface area (Å²) in [5, 5.41) is 9.58. The van der Waals surface area contributed by atoms with Crippen molar-refractivity contribution in [1.29, 1.82) is 0 Å². The summed E-state index contributed by atoms with van der Waals surface area (Å²) in [6, 6.07) is 12.6. The Kier molecular flexibility index (Phi) is 8.76. The van der Waals surface area contributed by atoms with Gasteiger partial charge in [0.15, 0.2) is 23.3 Å². The number of aliphatic imine (C=N–C) groups is 1. The van der Waals surface area contributed by atoms with Crippen molar-refractivity contribution in [2.45, 2.75) is 6.92 Å². The lowest BCUT2D eigenvalue weighted by Gasteiger charge is -2.15. The van der Waals surface area contributed by atoms with Gasteiger partial charge < -0.3 is 19.3 Å². The van der Waals surface area contributed by atoms with Gasteiger partial charge in [0.2, 0.25) is 0 Å². The third kappa shape index (κ3) is 6.50. The number of nitrogens with zero attached hydrogens (tertiary/aromatic N) is 2. The quantitative estimate of drug-likeness (QED) is 0.388. The molecule has 10 heteroatoms. The van der Waals surface area contributed by atoms with E-state index in [4.69, 9.17) is 30.9 Å². The molecule has 0 aliphatic carbocycles. The first kappa shape index (κ1) is 24.6. The predicted molar refractivity (Wildman–Crippen MR) is 128 cm³/mol. The molecule has 0 unspecified atom stereocenters. The van der Waals surface area contributed by atoms with E-state index in [0.29, 0.717) is 35.4 Å². The first-order valence-corrected chi connectivity index (χ1v) is 11.3. The Labute approximate surface area is 200 Å². The van der Waals surface area contributed by atoms with E-state index in [1.807, 2.05) is 37.3 Å². The van der Waals surface area contributed by atoms with Crippen LogP contribution in [0.2, 0.25) is 5.02 Å². The second kappa shape index (κ2) is 11.7. The highest BCUT2D eigenvalue weighted by atomic mass is 35.5. The van der Waals surface area contributed by atoms with Crippen LogP contribution in [0.5, 0.6) is 11.5 Å². The molecule has 0 radical (unpaired) electrons. The lowest BCUT2D eigenvalue weighted by molar-refractivity contribution is -0.139. The third-order valence-corrected chi connectivity index (χ3v) is 5.71. The number of rotatable bonds is 10. The third-order valence-electron chi connectivity index (χ3n) is 4.42. The Morgan fingerprint density at radius 2 is 2.03 bits per heavy atom. The van der Waals surface area contributed by atoms with Gasteiger partial charge >= 0.3 is 5.97 Å². The molecule has 1 amide bonds. The molecule has 1 fully saturated rings. The van der Waals surface area contributed by atoms with Crippen LogP contribution in [-0.2, 0) is 14.3 Å². The van der Waals surface area contributed by atoms with Gasteiger partial charge in [-0.3, -0.25) is 9.69 Å². The highest BCUT2D eigenvalue weighted by Gasteiger charge is 2.33. The number of halogens is 1. The summed E-state index contributed by atoms with van der Waals surface area (Å²) in [5.74, 6) is -0.948. The van der Waals surface area contributed by atoms with E-state index in [9.17, 15) is 9.59 Å². The molecule has 0 atom stereocenters. The highest BCUT2D eigenvalue weighted by Crippen LogP contribution is 2.39. The van der Waals surface area contributed by atoms with Crippen LogP contribution in [0.3, 0.4) is 0 Å². The summed E-state index contributed by atoms with van der Waals surface area (Å²) >= 11 is 7.55. The summed E-state index contributed by atoms with van der Waals surface area (Å²) in [6.07, 6.45) is 1.68. The summed E-state index contributed by atoms with van der Waals surface area (Å²) in [7, 11) is 1.42. The number of amides is 1. The van der Waals surface area contributed by atoms with E-state index < -0.39 is 12.6 Å². The van der Waals surface area contributed by atoms with Crippen molar-refractivity contribution in [3.63, 3.8) is 0 Å². The number of hydrogen-bond donors (Lipinski definition) is 1. The molecule has 1 aliphatic heterocycles. The van der Waals surface area contributed by atoms with E-state index in [1.165, 1.54) is 18.9 Å². The number of hydrogen-bond acceptors (Lipinski definition) is 7. The number of thioether (sulfide) groups is 1. The Bertz CT molecular complexity index is 1070. The number of benzene rings is 2. The number of amidine groups is 1. The molecule has 3 rings (SSSR count). The van der Waals surface area contributed by atoms with Gasteiger partial charge in [-0.25, -0.2) is 9.79 Å². The Hall–Kier alpha value is -3.01. The predicted octanol–water partition coefficient (Wildman–Crippen LogP) is 4.45. The molecule has 2 aromatic rings. The van der Waals surface area contributed by atoms with Crippen LogP contribution < -0.4 is 9.47 Å². The highest BCUT2D eigenvalue weighted by molar-refractivity contribution is 8.18. The smallest absolute Gasteiger partial charge is 0.341 e. The van der Waals surface area contributed by atoms with Crippen LogP contribution in [0, 0.1) is 0 Å². The van der Waals surface area contributed by atoms with Crippen molar-refractivity contribution in [2.75, 3.05) is 33.5 Å². The van der Waals surface area contributed by atoms with Crippen molar-refractivity contribution in [1.82, 2.24) is 4.90 Å². The molecule has 0 saturated carbocycles. The van der Waals surface area contributed by atoms with E-state index in [0.717, 1.165) is 5.69 Å². The topological polar surface area (TPSA) is 97.7 Å². The van der Waals surface area contributed by atoms with Crippen LogP contribution in [0.25, 0.3) is 6.08 Å². The molecule has 0 bridgehead atoms. The minimum absolute atomic E-state index is 0.124. The van der Waals surface area contributed by atoms with Crippen LogP contribution in [0.4, 0.5) is 5.69 Å². The number of carbonyl (C=O) groups excluding carboxylic acids is 1. The summed E-state index contributed by atoms with van der Waals surface area (Å²) in [5.41, 5.74) is 1.33. The van der Waals surface area contributed by atoms with Crippen molar-refractivity contribution < 1.29 is 28.9 Å². The lowest BCUT2D eigenvalue weighted by Crippen LogP contribution is -2.32. The molecule has 1 saturated heterocycles. The maximum absolute atomic E-state index is 13.1. The van der Waals surface area contributed by atoms with Crippen molar-refractivity contribution in [3.05, 3.63) is 58.0 Å². The molecule has 0 spiro atoms. The number of carboxylic acid groups (broad SMARTS) is 1. The average Bonchev–Trinajstić information content (AvgIpc) is 3.07. The van der Waals surface area contributed by atoms with Crippen molar-refractivity contribution >= 4 is 52.2 Å². The number of carbonyl (C=O) groups is 2. The average molecular weight is 491 g/mol. The van der Waals surface area contributed by atoms with Gasteiger partial charge in [0.25, 0.3) is 5.91 Å². The number of methoxy groups -OCH3 is 1. The molecule has 1 N–H and O–H groups in total. The number of aliphatic carboxylic acids is 1. The molecule has 1 aliphatic rings. The first-order valence-electron chi connectivity index (χ1n) is 10.1. The maximum Gasteiger partial charge on any atom is 0.341 e. The Balaban J connectivity index is 1.92. The largest absolute Gasteiger partial charge is 0.493 e. The standard InChI is InChI=1S/C23H23ClN2O6S/c1-3-31-10-9-26-22(29)19(33-23(26)25-16-7-5-4-6-8-16)13-15-11-17(24)21(18(12-15)30-2)32-14-20(27)28/h4-8,11-13H,3,9-10,14H2,1-2H3,(H,27,28)/b19-13-,25-23?. The summed E-state index contributed by atoms with van der Waals surface area (Å²) in [6.45, 7) is 2.65. The molecule has 174 valence electrons. The molecule has 8 nitrogen and oxygen atoms in total. The Morgan fingerprint density at radius 1 is 1.27 bits per heavy atom. The molecule has 1 heterocycles. The fourth-order valence-corrected chi connectivity index (χ4v) is 4.25. The molecular weight excluding hydrogens is 468 g/mol. The Morgan fingerprint density at radius 3 is 2.70 bits per heavy atom. The van der Waals surface area contributed by atoms with Crippen LogP contribution in [0.15, 0.2) is 52.4 Å². The van der Waals surface area contributed by atoms with E-state index >= 15 is 0 Å². The minimum Gasteiger partial charge on any atom is -0.493 e. The summed E-state index contributed by atoms with van der Waals surface area (Å²) in [4.78, 5) is 30.6. The zero-order valence-corrected chi connectivity index (χ0v) is 19.7. The van der Waals surface area contributed by atoms with Gasteiger partial charge in [-0.15, -0.1) is 0 Å². The van der Waals surface area contributed by atoms with Gasteiger partial charge in [0.05, 0.1) is 35.9 Å².